The summed E-state index contributed by atoms with van der Waals surface area (Å²) in [5, 5.41) is 0. The lowest BCUT2D eigenvalue weighted by atomic mass is 9.77. The smallest absolute Gasteiger partial charge is 0.357 e. The molecule has 37 heavy (non-hydrogen) atoms. The minimum Gasteiger partial charge on any atom is -0.357 e. The van der Waals surface area contributed by atoms with Gasteiger partial charge in [0.15, 0.2) is 0 Å². The van der Waals surface area contributed by atoms with E-state index < -0.39 is 21.8 Å². The van der Waals surface area contributed by atoms with Crippen LogP contribution in [-0.2, 0) is 16.2 Å². The van der Waals surface area contributed by atoms with Crippen molar-refractivity contribution in [2.75, 3.05) is 22.7 Å². The Hall–Kier alpha value is -3.14. The Balaban J connectivity index is 1.48. The van der Waals surface area contributed by atoms with Gasteiger partial charge < -0.3 is 4.90 Å². The van der Waals surface area contributed by atoms with Crippen LogP contribution in [-0.4, -0.2) is 31.5 Å². The molecule has 196 valence electrons. The number of nitrogens with zero attached hydrogens (tertiary/aromatic N) is 3. The molecule has 1 saturated heterocycles. The van der Waals surface area contributed by atoms with Gasteiger partial charge in [-0.05, 0) is 61.3 Å². The molecule has 0 radical (unpaired) electrons. The van der Waals surface area contributed by atoms with Gasteiger partial charge in [-0.2, -0.15) is 13.2 Å². The fourth-order valence-corrected chi connectivity index (χ4v) is 5.92. The van der Waals surface area contributed by atoms with Gasteiger partial charge in [-0.1, -0.05) is 37.6 Å². The Kier molecular flexibility index (Phi) is 6.87. The summed E-state index contributed by atoms with van der Waals surface area (Å²) in [5.74, 6) is 1.17. The van der Waals surface area contributed by atoms with Crippen molar-refractivity contribution in [3.8, 4) is 11.3 Å². The molecule has 0 amide bonds. The molecule has 0 bridgehead atoms. The van der Waals surface area contributed by atoms with E-state index in [1.165, 1.54) is 18.3 Å². The summed E-state index contributed by atoms with van der Waals surface area (Å²) in [7, 11) is -4.11. The molecule has 2 aromatic heterocycles. The number of aromatic nitrogens is 2. The van der Waals surface area contributed by atoms with Crippen LogP contribution in [0.25, 0.3) is 11.3 Å². The van der Waals surface area contributed by atoms with Gasteiger partial charge in [-0.15, -0.1) is 0 Å². The van der Waals surface area contributed by atoms with E-state index in [2.05, 4.69) is 21.6 Å². The highest BCUT2D eigenvalue weighted by Crippen LogP contribution is 2.44. The Morgan fingerprint density at radius 1 is 1.00 bits per heavy atom. The topological polar surface area (TPSA) is 75.2 Å². The first-order valence-corrected chi connectivity index (χ1v) is 14.0. The van der Waals surface area contributed by atoms with Gasteiger partial charge in [0.25, 0.3) is 10.0 Å². The molecule has 2 fully saturated rings. The van der Waals surface area contributed by atoms with Gasteiger partial charge in [0.2, 0.25) is 0 Å². The van der Waals surface area contributed by atoms with E-state index in [0.29, 0.717) is 17.3 Å². The predicted molar refractivity (Wildman–Crippen MR) is 137 cm³/mol. The second kappa shape index (κ2) is 9.96. The molecule has 1 N–H and O–H groups in total. The number of sulfonamides is 1. The third kappa shape index (κ3) is 5.44. The number of piperidine rings is 1. The monoisotopic (exact) mass is 530 g/mol. The first-order valence-electron chi connectivity index (χ1n) is 12.5. The first-order chi connectivity index (χ1) is 17.6. The SMILES string of the molecule is CC1CCN(c2cc(S(=O)(=O)Nc3ccc(C(F)(F)F)c(-c4ccccc4C4CCC4)n3)ccn2)CC1. The van der Waals surface area contributed by atoms with Crippen molar-refractivity contribution in [2.45, 2.75) is 56.0 Å². The molecule has 6 nitrogen and oxygen atoms in total. The average molecular weight is 531 g/mol. The third-order valence-corrected chi connectivity index (χ3v) is 8.69. The van der Waals surface area contributed by atoms with Crippen LogP contribution >= 0.6 is 0 Å². The molecule has 1 saturated carbocycles. The predicted octanol–water partition coefficient (Wildman–Crippen LogP) is 6.47. The fourth-order valence-electron chi connectivity index (χ4n) is 4.91. The van der Waals surface area contributed by atoms with E-state index in [0.717, 1.165) is 62.9 Å². The third-order valence-electron chi connectivity index (χ3n) is 7.34. The summed E-state index contributed by atoms with van der Waals surface area (Å²) in [4.78, 5) is 10.6. The lowest BCUT2D eigenvalue weighted by Gasteiger charge is -2.31. The van der Waals surface area contributed by atoms with E-state index in [-0.39, 0.29) is 22.3 Å². The lowest BCUT2D eigenvalue weighted by molar-refractivity contribution is -0.137. The normalized spacial score (nSPS) is 17.5. The highest BCUT2D eigenvalue weighted by molar-refractivity contribution is 7.92. The van der Waals surface area contributed by atoms with Crippen LogP contribution in [0.1, 0.15) is 56.1 Å². The summed E-state index contributed by atoms with van der Waals surface area (Å²) < 4.78 is 70.7. The molecule has 10 heteroatoms. The quantitative estimate of drug-likeness (QED) is 0.396. The van der Waals surface area contributed by atoms with E-state index in [4.69, 9.17) is 0 Å². The largest absolute Gasteiger partial charge is 0.418 e. The minimum absolute atomic E-state index is 0.0192. The van der Waals surface area contributed by atoms with Crippen molar-refractivity contribution in [2.24, 2.45) is 5.92 Å². The number of pyridine rings is 2. The summed E-state index contributed by atoms with van der Waals surface area (Å²) in [5.41, 5.74) is 0.0216. The zero-order valence-corrected chi connectivity index (χ0v) is 21.3. The number of rotatable bonds is 6. The molecule has 3 aromatic rings. The van der Waals surface area contributed by atoms with Gasteiger partial charge >= 0.3 is 6.18 Å². The number of nitrogens with one attached hydrogen (secondary N) is 1. The van der Waals surface area contributed by atoms with Crippen molar-refractivity contribution in [1.29, 1.82) is 0 Å². The number of hydrogen-bond donors (Lipinski definition) is 1. The van der Waals surface area contributed by atoms with Crippen LogP contribution < -0.4 is 9.62 Å². The van der Waals surface area contributed by atoms with Crippen molar-refractivity contribution in [3.63, 3.8) is 0 Å². The molecule has 0 atom stereocenters. The molecule has 1 aliphatic heterocycles. The molecular weight excluding hydrogens is 501 g/mol. The number of alkyl halides is 3. The number of halogens is 3. The summed E-state index contributed by atoms with van der Waals surface area (Å²) in [6.07, 6.45) is 1.63. The van der Waals surface area contributed by atoms with Crippen LogP contribution in [0.5, 0.6) is 0 Å². The summed E-state index contributed by atoms with van der Waals surface area (Å²) in [6, 6.07) is 11.8. The molecular formula is C27H29F3N4O2S. The second-order valence-electron chi connectivity index (χ2n) is 9.93. The molecule has 2 aliphatic rings. The highest BCUT2D eigenvalue weighted by atomic mass is 32.2. The van der Waals surface area contributed by atoms with Gasteiger partial charge in [-0.25, -0.2) is 18.4 Å². The number of anilines is 2. The van der Waals surface area contributed by atoms with E-state index in [1.807, 2.05) is 11.0 Å². The van der Waals surface area contributed by atoms with Crippen molar-refractivity contribution < 1.29 is 21.6 Å². The van der Waals surface area contributed by atoms with E-state index in [1.54, 1.807) is 18.2 Å². The maximum atomic E-state index is 14.0. The van der Waals surface area contributed by atoms with E-state index >= 15 is 0 Å². The van der Waals surface area contributed by atoms with Crippen molar-refractivity contribution in [1.82, 2.24) is 9.97 Å². The highest BCUT2D eigenvalue weighted by Gasteiger charge is 2.36. The summed E-state index contributed by atoms with van der Waals surface area (Å²) in [6.45, 7) is 3.76. The first kappa shape index (κ1) is 25.5. The Bertz CT molecular complexity index is 1380. The summed E-state index contributed by atoms with van der Waals surface area (Å²) >= 11 is 0. The molecule has 1 aliphatic carbocycles. The second-order valence-corrected chi connectivity index (χ2v) is 11.6. The number of benzene rings is 1. The molecule has 0 spiro atoms. The minimum atomic E-state index is -4.64. The van der Waals surface area contributed by atoms with Gasteiger partial charge in [0.05, 0.1) is 16.2 Å². The molecule has 1 aromatic carbocycles. The Morgan fingerprint density at radius 2 is 1.73 bits per heavy atom. The van der Waals surface area contributed by atoms with Crippen molar-refractivity contribution >= 4 is 21.7 Å². The van der Waals surface area contributed by atoms with E-state index in [9.17, 15) is 21.6 Å². The molecule has 3 heterocycles. The standard InChI is InChI=1S/C27H29F3N4O2S/c1-18-12-15-34(16-13-18)25-17-20(11-14-31-25)37(35,36)33-24-10-9-23(27(28,29)30)26(32-24)22-8-3-2-7-21(22)19-5-4-6-19/h2-3,7-11,14,17-19H,4-6,12-13,15-16H2,1H3,(H,32,33). The van der Waals surface area contributed by atoms with Gasteiger partial charge in [-0.3, -0.25) is 4.72 Å². The number of hydrogen-bond acceptors (Lipinski definition) is 5. The van der Waals surface area contributed by atoms with Crippen LogP contribution in [0, 0.1) is 5.92 Å². The fraction of sp³-hybridized carbons (Fsp3) is 0.407. The maximum Gasteiger partial charge on any atom is 0.418 e. The zero-order valence-electron chi connectivity index (χ0n) is 20.5. The zero-order chi connectivity index (χ0) is 26.2. The van der Waals surface area contributed by atoms with Crippen molar-refractivity contribution in [3.05, 3.63) is 65.9 Å². The Morgan fingerprint density at radius 3 is 2.41 bits per heavy atom. The molecule has 5 rings (SSSR count). The van der Waals surface area contributed by atoms with Crippen LogP contribution in [0.3, 0.4) is 0 Å². The van der Waals surface area contributed by atoms with Gasteiger partial charge in [0.1, 0.15) is 11.6 Å². The maximum absolute atomic E-state index is 14.0. The van der Waals surface area contributed by atoms with Crippen LogP contribution in [0.2, 0.25) is 0 Å². The van der Waals surface area contributed by atoms with Crippen LogP contribution in [0.15, 0.2) is 59.6 Å². The lowest BCUT2D eigenvalue weighted by Crippen LogP contribution is -2.33. The van der Waals surface area contributed by atoms with Gasteiger partial charge in [0, 0.05) is 30.9 Å². The Labute approximate surface area is 215 Å². The average Bonchev–Trinajstić information content (AvgIpc) is 2.83. The molecule has 0 unspecified atom stereocenters. The van der Waals surface area contributed by atoms with Crippen LogP contribution in [0.4, 0.5) is 24.8 Å².